The van der Waals surface area contributed by atoms with E-state index in [4.69, 9.17) is 5.73 Å². The van der Waals surface area contributed by atoms with Crippen LogP contribution in [0.1, 0.15) is 38.4 Å². The van der Waals surface area contributed by atoms with Gasteiger partial charge in [-0.1, -0.05) is 19.8 Å². The summed E-state index contributed by atoms with van der Waals surface area (Å²) in [6, 6.07) is 2.22. The maximum absolute atomic E-state index is 11.3. The molecule has 0 saturated heterocycles. The van der Waals surface area contributed by atoms with E-state index < -0.39 is 0 Å². The van der Waals surface area contributed by atoms with E-state index >= 15 is 0 Å². The molecule has 0 aliphatic heterocycles. The lowest BCUT2D eigenvalue weighted by molar-refractivity contribution is -0.116. The van der Waals surface area contributed by atoms with E-state index in [2.05, 4.69) is 25.9 Å². The molecule has 1 aliphatic carbocycles. The second-order valence-corrected chi connectivity index (χ2v) is 5.66. The number of nitrogens with zero attached hydrogens (tertiary/aromatic N) is 3. The van der Waals surface area contributed by atoms with Crippen molar-refractivity contribution in [3.8, 4) is 0 Å². The van der Waals surface area contributed by atoms with Gasteiger partial charge in [-0.15, -0.1) is 0 Å². The average molecular weight is 327 g/mol. The first kappa shape index (κ1) is 14.2. The molecule has 1 aliphatic rings. The van der Waals surface area contributed by atoms with Gasteiger partial charge in [0, 0.05) is 18.5 Å². The highest BCUT2D eigenvalue weighted by molar-refractivity contribution is 9.10. The Balaban J connectivity index is 2.30. The molecule has 1 heterocycles. The molecule has 1 amide bonds. The van der Waals surface area contributed by atoms with E-state index in [1.807, 2.05) is 17.9 Å². The van der Waals surface area contributed by atoms with Crippen molar-refractivity contribution in [1.29, 1.82) is 0 Å². The Morgan fingerprint density at radius 1 is 1.47 bits per heavy atom. The monoisotopic (exact) mass is 326 g/mol. The summed E-state index contributed by atoms with van der Waals surface area (Å²) in [7, 11) is 0. The van der Waals surface area contributed by atoms with Crippen molar-refractivity contribution in [3.63, 3.8) is 0 Å². The molecule has 0 atom stereocenters. The predicted octanol–water partition coefficient (Wildman–Crippen LogP) is 2.04. The summed E-state index contributed by atoms with van der Waals surface area (Å²) in [5.74, 6) is 1.25. The zero-order valence-corrected chi connectivity index (χ0v) is 12.7. The van der Waals surface area contributed by atoms with Crippen molar-refractivity contribution >= 4 is 27.7 Å². The fourth-order valence-electron chi connectivity index (χ4n) is 2.54. The van der Waals surface area contributed by atoms with Gasteiger partial charge in [0.15, 0.2) is 0 Å². The van der Waals surface area contributed by atoms with Gasteiger partial charge in [-0.3, -0.25) is 4.79 Å². The first-order chi connectivity index (χ1) is 9.10. The Labute approximate surface area is 121 Å². The van der Waals surface area contributed by atoms with Gasteiger partial charge in [0.1, 0.15) is 16.2 Å². The number of nitrogens with two attached hydrogens (primary N) is 1. The van der Waals surface area contributed by atoms with E-state index in [0.29, 0.717) is 6.04 Å². The van der Waals surface area contributed by atoms with Gasteiger partial charge in [-0.05, 0) is 28.8 Å². The Bertz CT molecular complexity index is 460. The number of primary amides is 1. The van der Waals surface area contributed by atoms with Gasteiger partial charge < -0.3 is 10.6 Å². The Morgan fingerprint density at radius 3 is 2.74 bits per heavy atom. The van der Waals surface area contributed by atoms with E-state index in [-0.39, 0.29) is 12.5 Å². The molecule has 0 spiro atoms. The molecule has 0 unspecified atom stereocenters. The van der Waals surface area contributed by atoms with Gasteiger partial charge in [0.05, 0.1) is 6.54 Å². The van der Waals surface area contributed by atoms with Crippen molar-refractivity contribution in [1.82, 2.24) is 9.97 Å². The number of aromatic nitrogens is 2. The fraction of sp³-hybridized carbons (Fsp3) is 0.615. The number of amides is 1. The van der Waals surface area contributed by atoms with Crippen molar-refractivity contribution in [2.24, 2.45) is 5.73 Å². The minimum absolute atomic E-state index is 0.220. The van der Waals surface area contributed by atoms with E-state index in [1.165, 1.54) is 12.8 Å². The molecule has 1 saturated carbocycles. The average Bonchev–Trinajstić information content (AvgIpc) is 2.88. The number of halogens is 1. The van der Waals surface area contributed by atoms with Crippen LogP contribution in [-0.4, -0.2) is 28.5 Å². The standard InChI is InChI=1S/C13H19BrN4O/c1-2-12-16-10(14)7-13(17-12)18(8-11(15)19)9-5-3-4-6-9/h7,9H,2-6,8H2,1H3,(H2,15,19). The van der Waals surface area contributed by atoms with E-state index in [9.17, 15) is 4.79 Å². The van der Waals surface area contributed by atoms with Crippen LogP contribution in [0.3, 0.4) is 0 Å². The molecule has 0 bridgehead atoms. The third-order valence-corrected chi connectivity index (χ3v) is 3.84. The maximum atomic E-state index is 11.3. The molecule has 19 heavy (non-hydrogen) atoms. The van der Waals surface area contributed by atoms with Gasteiger partial charge in [0.2, 0.25) is 5.91 Å². The molecule has 104 valence electrons. The largest absolute Gasteiger partial charge is 0.368 e. The molecule has 2 N–H and O–H groups in total. The fourth-order valence-corrected chi connectivity index (χ4v) is 2.95. The first-order valence-corrected chi connectivity index (χ1v) is 7.48. The minimum atomic E-state index is -0.320. The van der Waals surface area contributed by atoms with Gasteiger partial charge in [-0.25, -0.2) is 9.97 Å². The van der Waals surface area contributed by atoms with Crippen LogP contribution < -0.4 is 10.6 Å². The van der Waals surface area contributed by atoms with Gasteiger partial charge in [-0.2, -0.15) is 0 Å². The predicted molar refractivity (Wildman–Crippen MR) is 77.9 cm³/mol. The highest BCUT2D eigenvalue weighted by atomic mass is 79.9. The summed E-state index contributed by atoms with van der Waals surface area (Å²) in [4.78, 5) is 22.2. The Kier molecular flexibility index (Phi) is 4.74. The zero-order valence-electron chi connectivity index (χ0n) is 11.1. The molecule has 6 heteroatoms. The second-order valence-electron chi connectivity index (χ2n) is 4.85. The number of hydrogen-bond acceptors (Lipinski definition) is 4. The highest BCUT2D eigenvalue weighted by Gasteiger charge is 2.25. The molecular formula is C13H19BrN4O. The topological polar surface area (TPSA) is 72.1 Å². The number of rotatable bonds is 5. The number of carbonyl (C=O) groups is 1. The third kappa shape index (κ3) is 3.65. The molecule has 1 aromatic heterocycles. The van der Waals surface area contributed by atoms with Crippen LogP contribution in [0.5, 0.6) is 0 Å². The number of carbonyl (C=O) groups excluding carboxylic acids is 1. The van der Waals surface area contributed by atoms with Crippen molar-refractivity contribution in [2.45, 2.75) is 45.1 Å². The summed E-state index contributed by atoms with van der Waals surface area (Å²) < 4.78 is 0.752. The van der Waals surface area contributed by atoms with Crippen LogP contribution in [0.15, 0.2) is 10.7 Å². The molecular weight excluding hydrogens is 308 g/mol. The molecule has 1 fully saturated rings. The van der Waals surface area contributed by atoms with E-state index in [1.54, 1.807) is 0 Å². The summed E-state index contributed by atoms with van der Waals surface area (Å²) in [6.07, 6.45) is 5.36. The number of anilines is 1. The zero-order chi connectivity index (χ0) is 13.8. The summed E-state index contributed by atoms with van der Waals surface area (Å²) in [5, 5.41) is 0. The van der Waals surface area contributed by atoms with Crippen LogP contribution >= 0.6 is 15.9 Å². The number of hydrogen-bond donors (Lipinski definition) is 1. The van der Waals surface area contributed by atoms with E-state index in [0.717, 1.165) is 35.5 Å². The molecule has 2 rings (SSSR count). The smallest absolute Gasteiger partial charge is 0.237 e. The third-order valence-electron chi connectivity index (χ3n) is 3.43. The van der Waals surface area contributed by atoms with Crippen molar-refractivity contribution < 1.29 is 4.79 Å². The first-order valence-electron chi connectivity index (χ1n) is 6.68. The van der Waals surface area contributed by atoms with Crippen LogP contribution in [0.4, 0.5) is 5.82 Å². The van der Waals surface area contributed by atoms with Crippen molar-refractivity contribution in [2.75, 3.05) is 11.4 Å². The van der Waals surface area contributed by atoms with Crippen LogP contribution in [0, 0.1) is 0 Å². The second kappa shape index (κ2) is 6.32. The highest BCUT2D eigenvalue weighted by Crippen LogP contribution is 2.28. The lowest BCUT2D eigenvalue weighted by Gasteiger charge is -2.29. The molecule has 0 aromatic carbocycles. The lowest BCUT2D eigenvalue weighted by Crippen LogP contribution is -2.40. The van der Waals surface area contributed by atoms with Crippen LogP contribution in [-0.2, 0) is 11.2 Å². The quantitative estimate of drug-likeness (QED) is 0.840. The molecule has 0 radical (unpaired) electrons. The lowest BCUT2D eigenvalue weighted by atomic mass is 10.2. The van der Waals surface area contributed by atoms with Gasteiger partial charge in [0.25, 0.3) is 0 Å². The van der Waals surface area contributed by atoms with Crippen LogP contribution in [0.2, 0.25) is 0 Å². The van der Waals surface area contributed by atoms with Crippen molar-refractivity contribution in [3.05, 3.63) is 16.5 Å². The summed E-state index contributed by atoms with van der Waals surface area (Å²) in [6.45, 7) is 2.23. The minimum Gasteiger partial charge on any atom is -0.368 e. The summed E-state index contributed by atoms with van der Waals surface area (Å²) >= 11 is 3.40. The van der Waals surface area contributed by atoms with Crippen LogP contribution in [0.25, 0.3) is 0 Å². The normalized spacial score (nSPS) is 15.7. The molecule has 5 nitrogen and oxygen atoms in total. The Morgan fingerprint density at radius 2 is 2.16 bits per heavy atom. The Hall–Kier alpha value is -1.17. The number of aryl methyl sites for hydroxylation is 1. The van der Waals surface area contributed by atoms with Gasteiger partial charge >= 0.3 is 0 Å². The molecule has 1 aromatic rings. The maximum Gasteiger partial charge on any atom is 0.237 e. The summed E-state index contributed by atoms with van der Waals surface area (Å²) in [5.41, 5.74) is 5.37. The SMILES string of the molecule is CCc1nc(Br)cc(N(CC(N)=O)C2CCCC2)n1.